The summed E-state index contributed by atoms with van der Waals surface area (Å²) < 4.78 is 0. The summed E-state index contributed by atoms with van der Waals surface area (Å²) in [5.41, 5.74) is 9.11. The van der Waals surface area contributed by atoms with Crippen molar-refractivity contribution in [3.63, 3.8) is 0 Å². The van der Waals surface area contributed by atoms with Crippen LogP contribution in [0.2, 0.25) is 0 Å². The topological polar surface area (TPSA) is 59.6 Å². The maximum absolute atomic E-state index is 5.47. The molecule has 0 aliphatic rings. The molecule has 0 amide bonds. The van der Waals surface area contributed by atoms with Crippen molar-refractivity contribution in [2.45, 2.75) is 65.3 Å². The third-order valence-corrected chi connectivity index (χ3v) is 3.76. The third kappa shape index (κ3) is 9.68. The number of rotatable bonds is 11. The van der Waals surface area contributed by atoms with E-state index in [1.165, 1.54) is 24.8 Å². The predicted molar refractivity (Wildman–Crippen MR) is 104 cm³/mol. The molecule has 0 fully saturated rings. The van der Waals surface area contributed by atoms with Gasteiger partial charge in [-0.15, -0.1) is 0 Å². The van der Waals surface area contributed by atoms with Gasteiger partial charge in [-0.3, -0.25) is 0 Å². The third-order valence-electron chi connectivity index (χ3n) is 3.76. The Balaban J connectivity index is 2.37. The first-order valence-corrected chi connectivity index (χ1v) is 9.13. The molecule has 4 nitrogen and oxygen atoms in total. The first-order valence-electron chi connectivity index (χ1n) is 9.13. The van der Waals surface area contributed by atoms with Crippen LogP contribution in [-0.2, 0) is 4.84 Å². The van der Waals surface area contributed by atoms with E-state index in [2.05, 4.69) is 62.4 Å². The predicted octanol–water partition coefficient (Wildman–Crippen LogP) is 4.01. The van der Waals surface area contributed by atoms with E-state index in [4.69, 9.17) is 10.6 Å². The van der Waals surface area contributed by atoms with Crippen LogP contribution in [0.15, 0.2) is 29.4 Å². The van der Waals surface area contributed by atoms with Crippen LogP contribution in [-0.4, -0.2) is 30.9 Å². The van der Waals surface area contributed by atoms with Crippen LogP contribution in [0.1, 0.15) is 64.0 Å². The van der Waals surface area contributed by atoms with Gasteiger partial charge in [0.05, 0.1) is 5.71 Å². The highest BCUT2D eigenvalue weighted by Crippen LogP contribution is 2.12. The molecule has 0 saturated carbocycles. The molecule has 0 bridgehead atoms. The molecule has 136 valence electrons. The van der Waals surface area contributed by atoms with Gasteiger partial charge >= 0.3 is 0 Å². The van der Waals surface area contributed by atoms with Crippen LogP contribution in [0.25, 0.3) is 0 Å². The number of nitrogens with one attached hydrogen (secondary N) is 1. The molecule has 0 aromatic heterocycles. The van der Waals surface area contributed by atoms with Crippen LogP contribution in [0, 0.1) is 6.92 Å². The van der Waals surface area contributed by atoms with Crippen LogP contribution >= 0.6 is 0 Å². The molecule has 0 saturated heterocycles. The second kappa shape index (κ2) is 11.2. The van der Waals surface area contributed by atoms with Gasteiger partial charge in [-0.1, -0.05) is 47.8 Å². The molecule has 0 unspecified atom stereocenters. The first-order chi connectivity index (χ1) is 11.4. The molecule has 0 spiro atoms. The Kier molecular flexibility index (Phi) is 9.65. The van der Waals surface area contributed by atoms with E-state index in [-0.39, 0.29) is 5.54 Å². The summed E-state index contributed by atoms with van der Waals surface area (Å²) in [6.45, 7) is 10.8. The van der Waals surface area contributed by atoms with Gasteiger partial charge in [0.15, 0.2) is 0 Å². The zero-order chi connectivity index (χ0) is 17.8. The monoisotopic (exact) mass is 333 g/mol. The van der Waals surface area contributed by atoms with Crippen molar-refractivity contribution in [3.8, 4) is 0 Å². The van der Waals surface area contributed by atoms with Crippen LogP contribution < -0.4 is 11.1 Å². The molecule has 1 aromatic carbocycles. The standard InChI is InChI=1S/C20H35N3O/c1-17-10-12-18(13-11-17)19(23-24-16-14-21)9-7-5-6-8-15-22-20(2,3)4/h10-13,22H,5-9,14-16,21H2,1-4H3/b23-19+. The van der Waals surface area contributed by atoms with E-state index < -0.39 is 0 Å². The Bertz CT molecular complexity index is 475. The van der Waals surface area contributed by atoms with Crippen molar-refractivity contribution < 1.29 is 4.84 Å². The van der Waals surface area contributed by atoms with Gasteiger partial charge < -0.3 is 15.9 Å². The van der Waals surface area contributed by atoms with Crippen molar-refractivity contribution in [2.24, 2.45) is 10.9 Å². The zero-order valence-corrected chi connectivity index (χ0v) is 15.9. The molecule has 3 N–H and O–H groups in total. The number of hydrogen-bond donors (Lipinski definition) is 2. The highest BCUT2D eigenvalue weighted by Gasteiger charge is 2.07. The molecule has 0 heterocycles. The Labute approximate surface area is 147 Å². The average molecular weight is 334 g/mol. The summed E-state index contributed by atoms with van der Waals surface area (Å²) in [5, 5.41) is 7.84. The molecule has 0 aliphatic carbocycles. The van der Waals surface area contributed by atoms with Gasteiger partial charge in [0.2, 0.25) is 0 Å². The summed E-state index contributed by atoms with van der Waals surface area (Å²) in [6.07, 6.45) is 5.76. The number of benzene rings is 1. The summed E-state index contributed by atoms with van der Waals surface area (Å²) in [4.78, 5) is 5.32. The van der Waals surface area contributed by atoms with E-state index in [1.54, 1.807) is 0 Å². The molecule has 1 rings (SSSR count). The van der Waals surface area contributed by atoms with Crippen LogP contribution in [0.5, 0.6) is 0 Å². The van der Waals surface area contributed by atoms with Crippen molar-refractivity contribution in [2.75, 3.05) is 19.7 Å². The highest BCUT2D eigenvalue weighted by molar-refractivity contribution is 6.00. The Morgan fingerprint density at radius 3 is 2.38 bits per heavy atom. The van der Waals surface area contributed by atoms with Gasteiger partial charge in [-0.05, 0) is 59.1 Å². The van der Waals surface area contributed by atoms with Crippen LogP contribution in [0.4, 0.5) is 0 Å². The van der Waals surface area contributed by atoms with Crippen LogP contribution in [0.3, 0.4) is 0 Å². The quantitative estimate of drug-likeness (QED) is 0.365. The van der Waals surface area contributed by atoms with Gasteiger partial charge in [0.25, 0.3) is 0 Å². The normalized spacial score (nSPS) is 12.5. The molecule has 4 heteroatoms. The molecule has 1 aromatic rings. The number of hydrogen-bond acceptors (Lipinski definition) is 4. The maximum Gasteiger partial charge on any atom is 0.129 e. The minimum Gasteiger partial charge on any atom is -0.394 e. The lowest BCUT2D eigenvalue weighted by Crippen LogP contribution is -2.36. The first kappa shape index (κ1) is 20.7. The van der Waals surface area contributed by atoms with Crippen molar-refractivity contribution in [3.05, 3.63) is 35.4 Å². The van der Waals surface area contributed by atoms with E-state index in [0.29, 0.717) is 13.2 Å². The number of oxime groups is 1. The lowest BCUT2D eigenvalue weighted by atomic mass is 10.0. The molecule has 0 aliphatic heterocycles. The molecule has 24 heavy (non-hydrogen) atoms. The number of nitrogens with zero attached hydrogens (tertiary/aromatic N) is 1. The maximum atomic E-state index is 5.47. The zero-order valence-electron chi connectivity index (χ0n) is 15.9. The number of nitrogens with two attached hydrogens (primary N) is 1. The molecular formula is C20H35N3O. The van der Waals surface area contributed by atoms with Gasteiger partial charge in [0.1, 0.15) is 6.61 Å². The Hall–Kier alpha value is -1.39. The summed E-state index contributed by atoms with van der Waals surface area (Å²) >= 11 is 0. The molecular weight excluding hydrogens is 298 g/mol. The van der Waals surface area contributed by atoms with E-state index in [0.717, 1.165) is 30.7 Å². The summed E-state index contributed by atoms with van der Waals surface area (Å²) in [7, 11) is 0. The summed E-state index contributed by atoms with van der Waals surface area (Å²) in [5.74, 6) is 0. The minimum atomic E-state index is 0.214. The largest absolute Gasteiger partial charge is 0.394 e. The average Bonchev–Trinajstić information content (AvgIpc) is 2.52. The molecule has 0 radical (unpaired) electrons. The minimum absolute atomic E-state index is 0.214. The van der Waals surface area contributed by atoms with Crippen molar-refractivity contribution >= 4 is 5.71 Å². The van der Waals surface area contributed by atoms with E-state index in [9.17, 15) is 0 Å². The second-order valence-corrected chi connectivity index (χ2v) is 7.37. The van der Waals surface area contributed by atoms with Gasteiger partial charge in [-0.25, -0.2) is 0 Å². The fourth-order valence-corrected chi connectivity index (χ4v) is 2.40. The highest BCUT2D eigenvalue weighted by atomic mass is 16.6. The lowest BCUT2D eigenvalue weighted by Gasteiger charge is -2.20. The number of unbranched alkanes of at least 4 members (excludes halogenated alkanes) is 3. The second-order valence-electron chi connectivity index (χ2n) is 7.37. The Morgan fingerprint density at radius 1 is 1.08 bits per heavy atom. The SMILES string of the molecule is Cc1ccc(/C(CCCCCCNC(C)(C)C)=N/OCCN)cc1. The fraction of sp³-hybridized carbons (Fsp3) is 0.650. The van der Waals surface area contributed by atoms with E-state index >= 15 is 0 Å². The Morgan fingerprint density at radius 2 is 1.75 bits per heavy atom. The molecule has 0 atom stereocenters. The van der Waals surface area contributed by atoms with Gasteiger partial charge in [-0.2, -0.15) is 0 Å². The summed E-state index contributed by atoms with van der Waals surface area (Å²) in [6, 6.07) is 8.47. The van der Waals surface area contributed by atoms with Crippen molar-refractivity contribution in [1.82, 2.24) is 5.32 Å². The fourth-order valence-electron chi connectivity index (χ4n) is 2.40. The lowest BCUT2D eigenvalue weighted by molar-refractivity contribution is 0.151. The smallest absolute Gasteiger partial charge is 0.129 e. The van der Waals surface area contributed by atoms with Crippen molar-refractivity contribution in [1.29, 1.82) is 0 Å². The van der Waals surface area contributed by atoms with Gasteiger partial charge in [0, 0.05) is 12.1 Å². The van der Waals surface area contributed by atoms with E-state index in [1.807, 2.05) is 0 Å². The number of aryl methyl sites for hydroxylation is 1.